The van der Waals surface area contributed by atoms with E-state index in [1.165, 1.54) is 17.7 Å². The van der Waals surface area contributed by atoms with E-state index in [1.807, 2.05) is 24.3 Å². The number of fused-ring (bicyclic) bond motifs is 1. The van der Waals surface area contributed by atoms with E-state index in [-0.39, 0.29) is 5.91 Å². The summed E-state index contributed by atoms with van der Waals surface area (Å²) in [6.07, 6.45) is 1.82. The van der Waals surface area contributed by atoms with Crippen molar-refractivity contribution in [2.45, 2.75) is 12.8 Å². The SMILES string of the molecule is O=C(c1cccc(F)c1)N1CCCN(CCc2ccccc2)c2ccccc21. The van der Waals surface area contributed by atoms with Crippen LogP contribution >= 0.6 is 0 Å². The summed E-state index contributed by atoms with van der Waals surface area (Å²) in [6.45, 7) is 2.40. The van der Waals surface area contributed by atoms with Crippen molar-refractivity contribution in [3.8, 4) is 0 Å². The van der Waals surface area contributed by atoms with Crippen molar-refractivity contribution >= 4 is 17.3 Å². The molecule has 0 unspecified atom stereocenters. The molecule has 4 rings (SSSR count). The molecule has 0 aliphatic carbocycles. The average Bonchev–Trinajstić information content (AvgIpc) is 2.92. The number of halogens is 1. The number of hydrogen-bond acceptors (Lipinski definition) is 2. The van der Waals surface area contributed by atoms with Crippen LogP contribution in [0, 0.1) is 5.82 Å². The van der Waals surface area contributed by atoms with E-state index in [0.717, 1.165) is 37.3 Å². The molecule has 0 fully saturated rings. The molecule has 0 saturated heterocycles. The molecule has 4 heteroatoms. The Morgan fingerprint density at radius 1 is 0.857 bits per heavy atom. The standard InChI is InChI=1S/C24H23FN2O/c25-21-11-6-10-20(18-21)24(28)27-16-7-15-26(22-12-4-5-13-23(22)27)17-14-19-8-2-1-3-9-19/h1-6,8-13,18H,7,14-17H2. The number of hydrogen-bond donors (Lipinski definition) is 0. The first-order valence-corrected chi connectivity index (χ1v) is 9.68. The molecule has 0 N–H and O–H groups in total. The van der Waals surface area contributed by atoms with Gasteiger partial charge in [-0.15, -0.1) is 0 Å². The van der Waals surface area contributed by atoms with Gasteiger partial charge in [-0.05, 0) is 48.7 Å². The third-order valence-corrected chi connectivity index (χ3v) is 5.15. The second kappa shape index (κ2) is 8.26. The van der Waals surface area contributed by atoms with Crippen LogP contribution in [0.1, 0.15) is 22.3 Å². The summed E-state index contributed by atoms with van der Waals surface area (Å²) in [5, 5.41) is 0. The molecule has 0 bridgehead atoms. The van der Waals surface area contributed by atoms with Crippen molar-refractivity contribution < 1.29 is 9.18 Å². The van der Waals surface area contributed by atoms with Crippen molar-refractivity contribution in [1.82, 2.24) is 0 Å². The van der Waals surface area contributed by atoms with Gasteiger partial charge < -0.3 is 9.80 Å². The molecule has 1 aliphatic rings. The van der Waals surface area contributed by atoms with Gasteiger partial charge in [0, 0.05) is 25.2 Å². The molecule has 28 heavy (non-hydrogen) atoms. The lowest BCUT2D eigenvalue weighted by molar-refractivity contribution is 0.0987. The summed E-state index contributed by atoms with van der Waals surface area (Å²) in [6, 6.07) is 24.4. The average molecular weight is 374 g/mol. The summed E-state index contributed by atoms with van der Waals surface area (Å²) in [5.41, 5.74) is 3.63. The second-order valence-corrected chi connectivity index (χ2v) is 7.03. The number of amides is 1. The quantitative estimate of drug-likeness (QED) is 0.647. The first-order valence-electron chi connectivity index (χ1n) is 9.68. The number of carbonyl (C=O) groups excluding carboxylic acids is 1. The molecule has 0 spiro atoms. The largest absolute Gasteiger partial charge is 0.369 e. The Bertz CT molecular complexity index is 958. The van der Waals surface area contributed by atoms with Crippen molar-refractivity contribution in [2.24, 2.45) is 0 Å². The third kappa shape index (κ3) is 3.91. The number of para-hydroxylation sites is 2. The first kappa shape index (κ1) is 18.2. The molecule has 3 nitrogen and oxygen atoms in total. The highest BCUT2D eigenvalue weighted by Crippen LogP contribution is 2.33. The molecule has 0 radical (unpaired) electrons. The van der Waals surface area contributed by atoms with Gasteiger partial charge in [0.2, 0.25) is 0 Å². The second-order valence-electron chi connectivity index (χ2n) is 7.03. The van der Waals surface area contributed by atoms with Crippen LogP contribution in [0.15, 0.2) is 78.9 Å². The van der Waals surface area contributed by atoms with Crippen molar-refractivity contribution in [3.05, 3.63) is 95.8 Å². The fraction of sp³-hybridized carbons (Fsp3) is 0.208. The van der Waals surface area contributed by atoms with E-state index >= 15 is 0 Å². The van der Waals surface area contributed by atoms with Crippen LogP contribution in [0.3, 0.4) is 0 Å². The molecular weight excluding hydrogens is 351 g/mol. The summed E-state index contributed by atoms with van der Waals surface area (Å²) < 4.78 is 13.6. The molecule has 142 valence electrons. The van der Waals surface area contributed by atoms with Gasteiger partial charge in [-0.2, -0.15) is 0 Å². The van der Waals surface area contributed by atoms with Crippen LogP contribution in [-0.2, 0) is 6.42 Å². The highest BCUT2D eigenvalue weighted by atomic mass is 19.1. The van der Waals surface area contributed by atoms with Gasteiger partial charge in [0.05, 0.1) is 11.4 Å². The topological polar surface area (TPSA) is 23.6 Å². The minimum atomic E-state index is -0.390. The highest BCUT2D eigenvalue weighted by Gasteiger charge is 2.25. The zero-order valence-electron chi connectivity index (χ0n) is 15.7. The number of nitrogens with zero attached hydrogens (tertiary/aromatic N) is 2. The van der Waals surface area contributed by atoms with Crippen molar-refractivity contribution in [1.29, 1.82) is 0 Å². The van der Waals surface area contributed by atoms with Crippen LogP contribution in [0.4, 0.5) is 15.8 Å². The number of anilines is 2. The summed E-state index contributed by atoms with van der Waals surface area (Å²) in [4.78, 5) is 17.2. The molecule has 1 heterocycles. The van der Waals surface area contributed by atoms with Crippen molar-refractivity contribution in [2.75, 3.05) is 29.4 Å². The molecule has 1 aliphatic heterocycles. The van der Waals surface area contributed by atoms with Gasteiger partial charge in [0.1, 0.15) is 5.82 Å². The summed E-state index contributed by atoms with van der Waals surface area (Å²) >= 11 is 0. The predicted octanol–water partition coefficient (Wildman–Crippen LogP) is 4.93. The van der Waals surface area contributed by atoms with E-state index in [0.29, 0.717) is 12.1 Å². The molecule has 0 aromatic heterocycles. The minimum Gasteiger partial charge on any atom is -0.369 e. The zero-order chi connectivity index (χ0) is 19.3. The first-order chi connectivity index (χ1) is 13.7. The van der Waals surface area contributed by atoms with Gasteiger partial charge in [-0.3, -0.25) is 4.79 Å². The molecule has 0 saturated carbocycles. The Morgan fingerprint density at radius 2 is 1.61 bits per heavy atom. The van der Waals surface area contributed by atoms with Gasteiger partial charge in [-0.1, -0.05) is 48.5 Å². The fourth-order valence-corrected chi connectivity index (χ4v) is 3.75. The fourth-order valence-electron chi connectivity index (χ4n) is 3.75. The Hall–Kier alpha value is -3.14. The Labute approximate surface area is 165 Å². The minimum absolute atomic E-state index is 0.156. The molecular formula is C24H23FN2O. The number of rotatable bonds is 4. The van der Waals surface area contributed by atoms with Gasteiger partial charge >= 0.3 is 0 Å². The molecule has 3 aromatic rings. The maximum Gasteiger partial charge on any atom is 0.258 e. The normalized spacial score (nSPS) is 13.8. The lowest BCUT2D eigenvalue weighted by atomic mass is 10.1. The van der Waals surface area contributed by atoms with E-state index in [4.69, 9.17) is 0 Å². The van der Waals surface area contributed by atoms with E-state index in [2.05, 4.69) is 35.2 Å². The lowest BCUT2D eigenvalue weighted by Crippen LogP contribution is -2.31. The zero-order valence-corrected chi connectivity index (χ0v) is 15.7. The summed E-state index contributed by atoms with van der Waals surface area (Å²) in [7, 11) is 0. The smallest absolute Gasteiger partial charge is 0.258 e. The van der Waals surface area contributed by atoms with Crippen LogP contribution in [-0.4, -0.2) is 25.5 Å². The Morgan fingerprint density at radius 3 is 2.39 bits per heavy atom. The third-order valence-electron chi connectivity index (χ3n) is 5.15. The van der Waals surface area contributed by atoms with Crippen LogP contribution in [0.2, 0.25) is 0 Å². The number of benzene rings is 3. The van der Waals surface area contributed by atoms with Gasteiger partial charge in [-0.25, -0.2) is 4.39 Å². The van der Waals surface area contributed by atoms with Crippen LogP contribution in [0.5, 0.6) is 0 Å². The van der Waals surface area contributed by atoms with Gasteiger partial charge in [0.15, 0.2) is 0 Å². The maximum atomic E-state index is 13.6. The van der Waals surface area contributed by atoms with E-state index in [1.54, 1.807) is 17.0 Å². The summed E-state index contributed by atoms with van der Waals surface area (Å²) in [5.74, 6) is -0.546. The van der Waals surface area contributed by atoms with Gasteiger partial charge in [0.25, 0.3) is 5.91 Å². The Balaban J connectivity index is 1.60. The predicted molar refractivity (Wildman–Crippen MR) is 111 cm³/mol. The maximum absolute atomic E-state index is 13.6. The monoisotopic (exact) mass is 374 g/mol. The highest BCUT2D eigenvalue weighted by molar-refractivity contribution is 6.08. The Kier molecular flexibility index (Phi) is 5.38. The molecule has 0 atom stereocenters. The number of carbonyl (C=O) groups is 1. The van der Waals surface area contributed by atoms with E-state index < -0.39 is 5.82 Å². The van der Waals surface area contributed by atoms with Crippen LogP contribution < -0.4 is 9.80 Å². The van der Waals surface area contributed by atoms with Crippen LogP contribution in [0.25, 0.3) is 0 Å². The van der Waals surface area contributed by atoms with Crippen molar-refractivity contribution in [3.63, 3.8) is 0 Å². The molecule has 3 aromatic carbocycles. The lowest BCUT2D eigenvalue weighted by Gasteiger charge is -2.27. The molecule has 1 amide bonds. The van der Waals surface area contributed by atoms with E-state index in [9.17, 15) is 9.18 Å².